The van der Waals surface area contributed by atoms with Crippen LogP contribution in [0.4, 0.5) is 5.82 Å². The van der Waals surface area contributed by atoms with Crippen molar-refractivity contribution in [2.24, 2.45) is 0 Å². The lowest BCUT2D eigenvalue weighted by Crippen LogP contribution is -2.38. The lowest BCUT2D eigenvalue weighted by molar-refractivity contribution is -0.121. The number of nitrogens with one attached hydrogen (secondary N) is 1. The van der Waals surface area contributed by atoms with Gasteiger partial charge in [0.2, 0.25) is 5.91 Å². The number of carbonyl (C=O) groups excluding carboxylic acids is 1. The highest BCUT2D eigenvalue weighted by molar-refractivity contribution is 5.79. The number of hydrogen-bond donors (Lipinski definition) is 1. The van der Waals surface area contributed by atoms with Gasteiger partial charge in [0, 0.05) is 31.4 Å². The van der Waals surface area contributed by atoms with Crippen molar-refractivity contribution >= 4 is 11.7 Å². The van der Waals surface area contributed by atoms with Crippen LogP contribution in [0, 0.1) is 0 Å². The van der Waals surface area contributed by atoms with Gasteiger partial charge in [-0.2, -0.15) is 0 Å². The van der Waals surface area contributed by atoms with E-state index in [1.807, 2.05) is 19.1 Å². The number of ether oxygens (including phenoxy) is 1. The quantitative estimate of drug-likeness (QED) is 0.818. The predicted molar refractivity (Wildman–Crippen MR) is 106 cm³/mol. The molecular formula is C22H27N3O2. The van der Waals surface area contributed by atoms with Gasteiger partial charge in [-0.3, -0.25) is 4.79 Å². The van der Waals surface area contributed by atoms with Gasteiger partial charge in [-0.05, 0) is 49.3 Å². The van der Waals surface area contributed by atoms with Crippen LogP contribution < -0.4 is 15.0 Å². The fourth-order valence-corrected chi connectivity index (χ4v) is 3.70. The molecule has 2 aliphatic rings. The normalized spacial score (nSPS) is 19.1. The van der Waals surface area contributed by atoms with E-state index in [1.165, 1.54) is 18.4 Å². The summed E-state index contributed by atoms with van der Waals surface area (Å²) in [5.74, 6) is 2.60. The zero-order chi connectivity index (χ0) is 18.6. The van der Waals surface area contributed by atoms with Crippen LogP contribution in [-0.4, -0.2) is 36.6 Å². The number of pyridine rings is 1. The largest absolute Gasteiger partial charge is 0.494 e. The Morgan fingerprint density at radius 1 is 1.22 bits per heavy atom. The fourth-order valence-electron chi connectivity index (χ4n) is 3.70. The summed E-state index contributed by atoms with van der Waals surface area (Å²) < 4.78 is 5.55. The van der Waals surface area contributed by atoms with Crippen molar-refractivity contribution in [3.63, 3.8) is 0 Å². The zero-order valence-corrected chi connectivity index (χ0v) is 15.9. The summed E-state index contributed by atoms with van der Waals surface area (Å²) in [7, 11) is 0. The minimum Gasteiger partial charge on any atom is -0.494 e. The molecule has 1 saturated carbocycles. The van der Waals surface area contributed by atoms with Gasteiger partial charge in [-0.25, -0.2) is 4.98 Å². The second-order valence-electron chi connectivity index (χ2n) is 7.47. The van der Waals surface area contributed by atoms with Crippen molar-refractivity contribution in [3.05, 3.63) is 53.7 Å². The van der Waals surface area contributed by atoms with Crippen LogP contribution in [0.25, 0.3) is 0 Å². The molecule has 27 heavy (non-hydrogen) atoms. The minimum absolute atomic E-state index is 0.0945. The molecule has 1 aliphatic carbocycles. The SMILES string of the molecule is CCOc1ccnc(N2CC[C@@H](NC(=O)Cc3ccc(C4CC4)cc3)C2)c1. The van der Waals surface area contributed by atoms with E-state index in [-0.39, 0.29) is 11.9 Å². The summed E-state index contributed by atoms with van der Waals surface area (Å²) in [6.07, 6.45) is 5.77. The van der Waals surface area contributed by atoms with E-state index in [4.69, 9.17) is 4.74 Å². The van der Waals surface area contributed by atoms with Crippen LogP contribution in [0.2, 0.25) is 0 Å². The second kappa shape index (κ2) is 7.99. The Labute approximate surface area is 160 Å². The molecule has 1 atom stereocenters. The standard InChI is InChI=1S/C22H27N3O2/c1-2-27-20-9-11-23-21(14-20)25-12-10-19(15-25)24-22(26)13-16-3-5-17(6-4-16)18-7-8-18/h3-6,9,11,14,18-19H,2,7-8,10,12-13,15H2,1H3,(H,24,26)/t19-/m1/s1. The van der Waals surface area contributed by atoms with E-state index in [1.54, 1.807) is 6.20 Å². The minimum atomic E-state index is 0.0945. The van der Waals surface area contributed by atoms with E-state index in [9.17, 15) is 4.79 Å². The van der Waals surface area contributed by atoms with Crippen LogP contribution in [0.5, 0.6) is 5.75 Å². The van der Waals surface area contributed by atoms with Gasteiger partial charge in [0.1, 0.15) is 11.6 Å². The third-order valence-electron chi connectivity index (χ3n) is 5.30. The first-order valence-corrected chi connectivity index (χ1v) is 9.93. The highest BCUT2D eigenvalue weighted by Crippen LogP contribution is 2.39. The Hall–Kier alpha value is -2.56. The summed E-state index contributed by atoms with van der Waals surface area (Å²) in [6, 6.07) is 12.5. The molecule has 0 bridgehead atoms. The van der Waals surface area contributed by atoms with Crippen LogP contribution in [0.15, 0.2) is 42.6 Å². The molecule has 0 spiro atoms. The summed E-state index contributed by atoms with van der Waals surface area (Å²) in [6.45, 7) is 4.29. The molecule has 4 rings (SSSR count). The molecule has 1 N–H and O–H groups in total. The Bertz CT molecular complexity index is 786. The first-order valence-electron chi connectivity index (χ1n) is 9.93. The molecule has 5 nitrogen and oxygen atoms in total. The molecule has 2 aromatic rings. The van der Waals surface area contributed by atoms with Gasteiger partial charge < -0.3 is 15.0 Å². The number of carbonyl (C=O) groups is 1. The van der Waals surface area contributed by atoms with Gasteiger partial charge >= 0.3 is 0 Å². The topological polar surface area (TPSA) is 54.5 Å². The summed E-state index contributed by atoms with van der Waals surface area (Å²) in [4.78, 5) is 19.1. The number of amides is 1. The molecule has 1 aromatic heterocycles. The number of anilines is 1. The van der Waals surface area contributed by atoms with E-state index in [0.717, 1.165) is 42.6 Å². The fraction of sp³-hybridized carbons (Fsp3) is 0.455. The van der Waals surface area contributed by atoms with Gasteiger partial charge in [0.15, 0.2) is 0 Å². The molecule has 1 saturated heterocycles. The van der Waals surface area contributed by atoms with Gasteiger partial charge in [0.25, 0.3) is 0 Å². The van der Waals surface area contributed by atoms with Crippen LogP contribution >= 0.6 is 0 Å². The monoisotopic (exact) mass is 365 g/mol. The van der Waals surface area contributed by atoms with Crippen molar-refractivity contribution in [1.29, 1.82) is 0 Å². The maximum atomic E-state index is 12.4. The number of nitrogens with zero attached hydrogens (tertiary/aromatic N) is 2. The molecule has 1 amide bonds. The Kier molecular flexibility index (Phi) is 5.28. The Morgan fingerprint density at radius 2 is 2.04 bits per heavy atom. The van der Waals surface area contributed by atoms with Gasteiger partial charge in [0.05, 0.1) is 13.0 Å². The van der Waals surface area contributed by atoms with Crippen LogP contribution in [0.3, 0.4) is 0 Å². The van der Waals surface area contributed by atoms with E-state index < -0.39 is 0 Å². The average Bonchev–Trinajstić information content (AvgIpc) is 3.42. The molecule has 1 aromatic carbocycles. The van der Waals surface area contributed by atoms with Crippen molar-refractivity contribution in [2.45, 2.75) is 44.6 Å². The first kappa shape index (κ1) is 17.8. The van der Waals surface area contributed by atoms with Crippen molar-refractivity contribution in [1.82, 2.24) is 10.3 Å². The Balaban J connectivity index is 1.28. The maximum absolute atomic E-state index is 12.4. The van der Waals surface area contributed by atoms with Crippen LogP contribution in [0.1, 0.15) is 43.2 Å². The molecule has 0 unspecified atom stereocenters. The third-order valence-corrected chi connectivity index (χ3v) is 5.30. The summed E-state index contributed by atoms with van der Waals surface area (Å²) in [5.41, 5.74) is 2.49. The number of rotatable bonds is 7. The smallest absolute Gasteiger partial charge is 0.224 e. The molecule has 5 heteroatoms. The van der Waals surface area contributed by atoms with Crippen molar-refractivity contribution in [2.75, 3.05) is 24.6 Å². The number of benzene rings is 1. The van der Waals surface area contributed by atoms with Crippen molar-refractivity contribution < 1.29 is 9.53 Å². The van der Waals surface area contributed by atoms with Gasteiger partial charge in [-0.1, -0.05) is 24.3 Å². The third kappa shape index (κ3) is 4.59. The van der Waals surface area contributed by atoms with Crippen molar-refractivity contribution in [3.8, 4) is 5.75 Å². The van der Waals surface area contributed by atoms with E-state index >= 15 is 0 Å². The summed E-state index contributed by atoms with van der Waals surface area (Å²) in [5, 5.41) is 3.18. The molecular weight excluding hydrogens is 338 g/mol. The second-order valence-corrected chi connectivity index (χ2v) is 7.47. The van der Waals surface area contributed by atoms with Crippen LogP contribution in [-0.2, 0) is 11.2 Å². The predicted octanol–water partition coefficient (Wildman–Crippen LogP) is 3.30. The first-order chi connectivity index (χ1) is 13.2. The number of aromatic nitrogens is 1. The highest BCUT2D eigenvalue weighted by atomic mass is 16.5. The average molecular weight is 365 g/mol. The van der Waals surface area contributed by atoms with Gasteiger partial charge in [-0.15, -0.1) is 0 Å². The molecule has 142 valence electrons. The molecule has 2 fully saturated rings. The lowest BCUT2D eigenvalue weighted by Gasteiger charge is -2.18. The van der Waals surface area contributed by atoms with E-state index in [2.05, 4.69) is 39.5 Å². The lowest BCUT2D eigenvalue weighted by atomic mass is 10.1. The highest BCUT2D eigenvalue weighted by Gasteiger charge is 2.25. The summed E-state index contributed by atoms with van der Waals surface area (Å²) >= 11 is 0. The zero-order valence-electron chi connectivity index (χ0n) is 15.9. The molecule has 2 heterocycles. The Morgan fingerprint density at radius 3 is 2.78 bits per heavy atom. The van der Waals surface area contributed by atoms with E-state index in [0.29, 0.717) is 13.0 Å². The maximum Gasteiger partial charge on any atom is 0.224 e. The molecule has 1 aliphatic heterocycles. The molecule has 0 radical (unpaired) electrons. The number of hydrogen-bond acceptors (Lipinski definition) is 4.